The molecule has 0 aliphatic carbocycles. The van der Waals surface area contributed by atoms with Gasteiger partial charge in [0.05, 0.1) is 0 Å². The number of aliphatic imine (C=N–C) groups is 1. The summed E-state index contributed by atoms with van der Waals surface area (Å²) in [6.07, 6.45) is 1.03. The molecule has 0 unspecified atom stereocenters. The number of thiophene rings is 1. The average molecular weight is 439 g/mol. The Balaban J connectivity index is 0.00000220. The molecular formula is C15H26IN3S2. The Morgan fingerprint density at radius 1 is 1.48 bits per heavy atom. The molecular weight excluding hydrogens is 413 g/mol. The second-order valence-electron chi connectivity index (χ2n) is 5.65. The van der Waals surface area contributed by atoms with E-state index in [1.54, 1.807) is 11.3 Å². The highest BCUT2D eigenvalue weighted by molar-refractivity contribution is 14.0. The highest BCUT2D eigenvalue weighted by Crippen LogP contribution is 2.29. The van der Waals surface area contributed by atoms with E-state index in [2.05, 4.69) is 59.6 Å². The van der Waals surface area contributed by atoms with Gasteiger partial charge in [-0.25, -0.2) is 0 Å². The molecule has 0 spiro atoms. The molecule has 0 saturated carbocycles. The highest BCUT2D eigenvalue weighted by atomic mass is 127. The second kappa shape index (κ2) is 9.25. The lowest BCUT2D eigenvalue weighted by atomic mass is 10.2. The summed E-state index contributed by atoms with van der Waals surface area (Å²) >= 11 is 3.82. The van der Waals surface area contributed by atoms with Crippen molar-refractivity contribution in [2.24, 2.45) is 4.99 Å². The van der Waals surface area contributed by atoms with Crippen molar-refractivity contribution in [3.05, 3.63) is 22.4 Å². The van der Waals surface area contributed by atoms with E-state index in [0.29, 0.717) is 4.75 Å². The first-order valence-electron chi connectivity index (χ1n) is 7.29. The van der Waals surface area contributed by atoms with Crippen LogP contribution in [0.3, 0.4) is 0 Å². The van der Waals surface area contributed by atoms with Gasteiger partial charge in [0.2, 0.25) is 0 Å². The summed E-state index contributed by atoms with van der Waals surface area (Å²) in [6.45, 7) is 10.7. The Morgan fingerprint density at radius 3 is 2.90 bits per heavy atom. The SMILES string of the molecule is CCNC(=NCCc1ccsc1)N1CCSC(C)(C)C1.I. The zero-order valence-corrected chi connectivity index (χ0v) is 17.1. The summed E-state index contributed by atoms with van der Waals surface area (Å²) in [4.78, 5) is 7.21. The molecule has 0 atom stereocenters. The van der Waals surface area contributed by atoms with Crippen LogP contribution < -0.4 is 5.32 Å². The summed E-state index contributed by atoms with van der Waals surface area (Å²) in [5.41, 5.74) is 1.39. The van der Waals surface area contributed by atoms with Gasteiger partial charge >= 0.3 is 0 Å². The molecule has 120 valence electrons. The normalized spacial score (nSPS) is 18.2. The first kappa shape index (κ1) is 19.1. The molecule has 1 saturated heterocycles. The van der Waals surface area contributed by atoms with Gasteiger partial charge in [0.1, 0.15) is 0 Å². The second-order valence-corrected chi connectivity index (χ2v) is 8.23. The van der Waals surface area contributed by atoms with E-state index in [9.17, 15) is 0 Å². The molecule has 2 heterocycles. The van der Waals surface area contributed by atoms with Crippen LogP contribution in [0.25, 0.3) is 0 Å². The van der Waals surface area contributed by atoms with Crippen molar-refractivity contribution in [1.82, 2.24) is 10.2 Å². The molecule has 0 aromatic carbocycles. The van der Waals surface area contributed by atoms with Gasteiger partial charge in [-0.1, -0.05) is 0 Å². The molecule has 1 N–H and O–H groups in total. The summed E-state index contributed by atoms with van der Waals surface area (Å²) in [6, 6.07) is 2.19. The largest absolute Gasteiger partial charge is 0.357 e. The van der Waals surface area contributed by atoms with Crippen molar-refractivity contribution in [3.63, 3.8) is 0 Å². The van der Waals surface area contributed by atoms with Crippen LogP contribution in [0.15, 0.2) is 21.8 Å². The van der Waals surface area contributed by atoms with Gasteiger partial charge in [-0.2, -0.15) is 23.1 Å². The quantitative estimate of drug-likeness (QED) is 0.441. The number of hydrogen-bond donors (Lipinski definition) is 1. The summed E-state index contributed by atoms with van der Waals surface area (Å²) < 4.78 is 0.321. The van der Waals surface area contributed by atoms with Gasteiger partial charge in [0, 0.05) is 36.7 Å². The molecule has 21 heavy (non-hydrogen) atoms. The predicted octanol–water partition coefficient (Wildman–Crippen LogP) is 3.70. The number of rotatable bonds is 4. The van der Waals surface area contributed by atoms with Gasteiger partial charge in [0.25, 0.3) is 0 Å². The van der Waals surface area contributed by atoms with Crippen LogP contribution in [0.5, 0.6) is 0 Å². The topological polar surface area (TPSA) is 27.6 Å². The van der Waals surface area contributed by atoms with Crippen molar-refractivity contribution < 1.29 is 0 Å². The fourth-order valence-corrected chi connectivity index (χ4v) is 4.16. The van der Waals surface area contributed by atoms with E-state index in [1.807, 2.05) is 0 Å². The van der Waals surface area contributed by atoms with Gasteiger partial charge in [-0.05, 0) is 49.6 Å². The molecule has 1 aromatic rings. The Hall–Kier alpha value is 0.0500. The maximum absolute atomic E-state index is 4.80. The van der Waals surface area contributed by atoms with Crippen molar-refractivity contribution in [3.8, 4) is 0 Å². The minimum atomic E-state index is 0. The van der Waals surface area contributed by atoms with Crippen LogP contribution in [0, 0.1) is 0 Å². The van der Waals surface area contributed by atoms with Gasteiger partial charge in [0.15, 0.2) is 5.96 Å². The number of hydrogen-bond acceptors (Lipinski definition) is 3. The molecule has 3 nitrogen and oxygen atoms in total. The van der Waals surface area contributed by atoms with E-state index in [-0.39, 0.29) is 24.0 Å². The number of halogens is 1. The Morgan fingerprint density at radius 2 is 2.29 bits per heavy atom. The number of nitrogens with one attached hydrogen (secondary N) is 1. The Labute approximate surface area is 154 Å². The maximum Gasteiger partial charge on any atom is 0.193 e. The summed E-state index contributed by atoms with van der Waals surface area (Å²) in [7, 11) is 0. The van der Waals surface area contributed by atoms with Crippen LogP contribution in [-0.4, -0.2) is 47.5 Å². The third-order valence-corrected chi connectivity index (χ3v) is 5.33. The van der Waals surface area contributed by atoms with E-state index in [0.717, 1.165) is 38.6 Å². The Kier molecular flexibility index (Phi) is 8.41. The van der Waals surface area contributed by atoms with Crippen LogP contribution in [0.2, 0.25) is 0 Å². The van der Waals surface area contributed by atoms with Crippen molar-refractivity contribution in [2.45, 2.75) is 31.9 Å². The summed E-state index contributed by atoms with van der Waals surface area (Å²) in [5.74, 6) is 2.26. The molecule has 2 rings (SSSR count). The van der Waals surface area contributed by atoms with Crippen molar-refractivity contribution in [1.29, 1.82) is 0 Å². The van der Waals surface area contributed by atoms with Gasteiger partial charge in [-0.15, -0.1) is 24.0 Å². The molecule has 1 fully saturated rings. The van der Waals surface area contributed by atoms with Gasteiger partial charge in [-0.3, -0.25) is 4.99 Å². The molecule has 0 bridgehead atoms. The zero-order chi connectivity index (χ0) is 14.4. The Bertz CT molecular complexity index is 432. The van der Waals surface area contributed by atoms with Crippen molar-refractivity contribution in [2.75, 3.05) is 31.9 Å². The minimum absolute atomic E-state index is 0. The molecule has 6 heteroatoms. The van der Waals surface area contributed by atoms with Gasteiger partial charge < -0.3 is 10.2 Å². The number of thioether (sulfide) groups is 1. The first-order valence-corrected chi connectivity index (χ1v) is 9.22. The smallest absolute Gasteiger partial charge is 0.193 e. The van der Waals surface area contributed by atoms with Crippen molar-refractivity contribution >= 4 is 53.0 Å². The van der Waals surface area contributed by atoms with E-state index < -0.39 is 0 Å². The zero-order valence-electron chi connectivity index (χ0n) is 13.1. The van der Waals surface area contributed by atoms with E-state index in [1.165, 1.54) is 11.3 Å². The lowest BCUT2D eigenvalue weighted by Crippen LogP contribution is -2.51. The molecule has 0 radical (unpaired) electrons. The highest BCUT2D eigenvalue weighted by Gasteiger charge is 2.28. The van der Waals surface area contributed by atoms with Crippen LogP contribution >= 0.6 is 47.1 Å². The van der Waals surface area contributed by atoms with Crippen LogP contribution in [0.4, 0.5) is 0 Å². The fourth-order valence-electron chi connectivity index (χ4n) is 2.35. The number of guanidine groups is 1. The third-order valence-electron chi connectivity index (χ3n) is 3.30. The van der Waals surface area contributed by atoms with Crippen LogP contribution in [-0.2, 0) is 6.42 Å². The molecule has 0 amide bonds. The first-order chi connectivity index (χ1) is 9.61. The maximum atomic E-state index is 4.80. The third kappa shape index (κ3) is 6.36. The monoisotopic (exact) mass is 439 g/mol. The average Bonchev–Trinajstić information content (AvgIpc) is 2.90. The standard InChI is InChI=1S/C15H25N3S2.HI/c1-4-16-14(17-7-5-13-6-9-19-11-13)18-8-10-20-15(2,3)12-18;/h6,9,11H,4-5,7-8,10,12H2,1-3H3,(H,16,17);1H. The van der Waals surface area contributed by atoms with E-state index in [4.69, 9.17) is 4.99 Å². The lowest BCUT2D eigenvalue weighted by Gasteiger charge is -2.39. The predicted molar refractivity (Wildman–Crippen MR) is 108 cm³/mol. The minimum Gasteiger partial charge on any atom is -0.357 e. The summed E-state index contributed by atoms with van der Waals surface area (Å²) in [5, 5.41) is 7.78. The molecule has 1 aromatic heterocycles. The van der Waals surface area contributed by atoms with E-state index >= 15 is 0 Å². The number of nitrogens with zero attached hydrogens (tertiary/aromatic N) is 2. The van der Waals surface area contributed by atoms with Crippen LogP contribution in [0.1, 0.15) is 26.3 Å². The molecule has 1 aliphatic heterocycles. The fraction of sp³-hybridized carbons (Fsp3) is 0.667. The molecule has 1 aliphatic rings. The lowest BCUT2D eigenvalue weighted by molar-refractivity contribution is 0.376.